The molecule has 1 aromatic carbocycles. The molecule has 0 radical (unpaired) electrons. The molecule has 1 unspecified atom stereocenters. The van der Waals surface area contributed by atoms with E-state index in [9.17, 15) is 0 Å². The van der Waals surface area contributed by atoms with Gasteiger partial charge in [-0.1, -0.05) is 18.5 Å². The molecule has 1 N–H and O–H groups in total. The maximum atomic E-state index is 6.12. The summed E-state index contributed by atoms with van der Waals surface area (Å²) >= 11 is 9.65. The first-order valence-electron chi connectivity index (χ1n) is 6.07. The highest BCUT2D eigenvalue weighted by Crippen LogP contribution is 2.39. The van der Waals surface area contributed by atoms with Crippen LogP contribution in [0.5, 0.6) is 5.75 Å². The number of halogens is 2. The molecule has 17 heavy (non-hydrogen) atoms. The van der Waals surface area contributed by atoms with Crippen molar-refractivity contribution in [1.82, 2.24) is 5.32 Å². The van der Waals surface area contributed by atoms with Crippen LogP contribution in [0.25, 0.3) is 0 Å². The lowest BCUT2D eigenvalue weighted by molar-refractivity contribution is 0.313. The Morgan fingerprint density at radius 2 is 2.35 bits per heavy atom. The number of nitrogens with one attached hydrogen (secondary N) is 1. The van der Waals surface area contributed by atoms with Crippen molar-refractivity contribution in [2.75, 3.05) is 13.2 Å². The van der Waals surface area contributed by atoms with Crippen LogP contribution in [0.4, 0.5) is 0 Å². The molecule has 0 bridgehead atoms. The van der Waals surface area contributed by atoms with Crippen LogP contribution in [0, 0.1) is 0 Å². The molecule has 1 heterocycles. The van der Waals surface area contributed by atoms with E-state index in [1.807, 2.05) is 12.1 Å². The first-order valence-corrected chi connectivity index (χ1v) is 7.24. The Labute approximate surface area is 116 Å². The SMILES string of the molecule is CCCNC1CCCOc2c(Br)cc(Cl)cc21. The Morgan fingerprint density at radius 1 is 1.53 bits per heavy atom. The molecule has 0 saturated carbocycles. The zero-order valence-corrected chi connectivity index (χ0v) is 12.3. The number of benzene rings is 1. The van der Waals surface area contributed by atoms with Gasteiger partial charge in [-0.15, -0.1) is 0 Å². The third kappa shape index (κ3) is 3.15. The van der Waals surface area contributed by atoms with Crippen molar-refractivity contribution in [2.45, 2.75) is 32.2 Å². The Balaban J connectivity index is 2.33. The predicted octanol–water partition coefficient (Wildman–Crippen LogP) is 4.32. The van der Waals surface area contributed by atoms with E-state index < -0.39 is 0 Å². The Kier molecular flexibility index (Phi) is 4.71. The highest BCUT2D eigenvalue weighted by molar-refractivity contribution is 9.10. The number of ether oxygens (including phenoxy) is 1. The Morgan fingerprint density at radius 3 is 3.12 bits per heavy atom. The van der Waals surface area contributed by atoms with Crippen molar-refractivity contribution in [3.05, 3.63) is 27.2 Å². The molecule has 94 valence electrons. The summed E-state index contributed by atoms with van der Waals surface area (Å²) in [6.45, 7) is 3.97. The minimum absolute atomic E-state index is 0.349. The monoisotopic (exact) mass is 317 g/mol. The van der Waals surface area contributed by atoms with Gasteiger partial charge in [-0.05, 0) is 53.9 Å². The molecule has 0 fully saturated rings. The maximum absolute atomic E-state index is 6.12. The van der Waals surface area contributed by atoms with Crippen molar-refractivity contribution >= 4 is 27.5 Å². The molecular weight excluding hydrogens is 302 g/mol. The average molecular weight is 319 g/mol. The summed E-state index contributed by atoms with van der Waals surface area (Å²) in [4.78, 5) is 0. The zero-order valence-electron chi connectivity index (χ0n) is 9.93. The fraction of sp³-hybridized carbons (Fsp3) is 0.538. The largest absolute Gasteiger partial charge is 0.492 e. The fourth-order valence-electron chi connectivity index (χ4n) is 2.14. The lowest BCUT2D eigenvalue weighted by Crippen LogP contribution is -2.21. The summed E-state index contributed by atoms with van der Waals surface area (Å²) in [6.07, 6.45) is 3.30. The van der Waals surface area contributed by atoms with Gasteiger partial charge in [0.1, 0.15) is 5.75 Å². The van der Waals surface area contributed by atoms with Crippen molar-refractivity contribution in [1.29, 1.82) is 0 Å². The summed E-state index contributed by atoms with van der Waals surface area (Å²) in [5, 5.41) is 4.32. The van der Waals surface area contributed by atoms with Gasteiger partial charge in [0.25, 0.3) is 0 Å². The van der Waals surface area contributed by atoms with Crippen LogP contribution < -0.4 is 10.1 Å². The van der Waals surface area contributed by atoms with E-state index in [1.165, 1.54) is 5.56 Å². The van der Waals surface area contributed by atoms with Crippen LogP contribution in [-0.4, -0.2) is 13.2 Å². The first kappa shape index (κ1) is 13.2. The highest BCUT2D eigenvalue weighted by atomic mass is 79.9. The van der Waals surface area contributed by atoms with Gasteiger partial charge in [0.2, 0.25) is 0 Å². The van der Waals surface area contributed by atoms with Gasteiger partial charge in [0.05, 0.1) is 11.1 Å². The van der Waals surface area contributed by atoms with E-state index >= 15 is 0 Å². The predicted molar refractivity (Wildman–Crippen MR) is 74.9 cm³/mol. The van der Waals surface area contributed by atoms with Gasteiger partial charge in [0.15, 0.2) is 0 Å². The summed E-state index contributed by atoms with van der Waals surface area (Å²) in [5.74, 6) is 0.945. The molecule has 0 aromatic heterocycles. The van der Waals surface area contributed by atoms with Crippen LogP contribution >= 0.6 is 27.5 Å². The third-order valence-corrected chi connectivity index (χ3v) is 3.74. The molecule has 1 aliphatic heterocycles. The van der Waals surface area contributed by atoms with Gasteiger partial charge in [-0.25, -0.2) is 0 Å². The van der Waals surface area contributed by atoms with Crippen LogP contribution in [0.15, 0.2) is 16.6 Å². The van der Waals surface area contributed by atoms with E-state index in [0.29, 0.717) is 6.04 Å². The van der Waals surface area contributed by atoms with E-state index in [0.717, 1.165) is 47.7 Å². The topological polar surface area (TPSA) is 21.3 Å². The van der Waals surface area contributed by atoms with Crippen molar-refractivity contribution in [3.63, 3.8) is 0 Å². The highest BCUT2D eigenvalue weighted by Gasteiger charge is 2.21. The second kappa shape index (κ2) is 6.07. The summed E-state index contributed by atoms with van der Waals surface area (Å²) in [5.41, 5.74) is 1.18. The smallest absolute Gasteiger partial charge is 0.138 e. The van der Waals surface area contributed by atoms with E-state index in [1.54, 1.807) is 0 Å². The molecule has 1 atom stereocenters. The Bertz CT molecular complexity index is 397. The van der Waals surface area contributed by atoms with Crippen molar-refractivity contribution in [2.24, 2.45) is 0 Å². The quantitative estimate of drug-likeness (QED) is 0.896. The molecule has 0 spiro atoms. The minimum Gasteiger partial charge on any atom is -0.492 e. The molecule has 4 heteroatoms. The fourth-order valence-corrected chi connectivity index (χ4v) is 3.09. The van der Waals surface area contributed by atoms with Gasteiger partial charge in [0, 0.05) is 16.6 Å². The maximum Gasteiger partial charge on any atom is 0.138 e. The van der Waals surface area contributed by atoms with Crippen LogP contribution in [-0.2, 0) is 0 Å². The standard InChI is InChI=1S/C13H17BrClNO/c1-2-5-16-12-4-3-6-17-13-10(12)7-9(15)8-11(13)14/h7-8,12,16H,2-6H2,1H3. The first-order chi connectivity index (χ1) is 8.22. The number of hydrogen-bond donors (Lipinski definition) is 1. The van der Waals surface area contributed by atoms with Gasteiger partial charge in [-0.2, -0.15) is 0 Å². The molecule has 2 nitrogen and oxygen atoms in total. The summed E-state index contributed by atoms with van der Waals surface area (Å²) < 4.78 is 6.75. The van der Waals surface area contributed by atoms with Crippen LogP contribution in [0.1, 0.15) is 37.8 Å². The number of rotatable bonds is 3. The van der Waals surface area contributed by atoms with Crippen LogP contribution in [0.2, 0.25) is 5.02 Å². The number of fused-ring (bicyclic) bond motifs is 1. The average Bonchev–Trinajstić information content (AvgIpc) is 2.49. The van der Waals surface area contributed by atoms with Gasteiger partial charge in [-0.3, -0.25) is 0 Å². The normalized spacial score (nSPS) is 19.4. The van der Waals surface area contributed by atoms with Crippen molar-refractivity contribution in [3.8, 4) is 5.75 Å². The zero-order chi connectivity index (χ0) is 12.3. The van der Waals surface area contributed by atoms with Gasteiger partial charge < -0.3 is 10.1 Å². The molecule has 1 aliphatic rings. The second-order valence-corrected chi connectivity index (χ2v) is 5.59. The molecule has 2 rings (SSSR count). The van der Waals surface area contributed by atoms with Crippen LogP contribution in [0.3, 0.4) is 0 Å². The second-order valence-electron chi connectivity index (χ2n) is 4.30. The van der Waals surface area contributed by atoms with Crippen molar-refractivity contribution < 1.29 is 4.74 Å². The van der Waals surface area contributed by atoms with E-state index in [4.69, 9.17) is 16.3 Å². The lowest BCUT2D eigenvalue weighted by atomic mass is 10.0. The summed E-state index contributed by atoms with van der Waals surface area (Å²) in [7, 11) is 0. The number of hydrogen-bond acceptors (Lipinski definition) is 2. The molecule has 0 amide bonds. The van der Waals surface area contributed by atoms with Gasteiger partial charge >= 0.3 is 0 Å². The lowest BCUT2D eigenvalue weighted by Gasteiger charge is -2.19. The summed E-state index contributed by atoms with van der Waals surface area (Å²) in [6, 6.07) is 4.26. The molecule has 1 aromatic rings. The Hall–Kier alpha value is -0.250. The molecule has 0 aliphatic carbocycles. The molecule has 0 saturated heterocycles. The third-order valence-electron chi connectivity index (χ3n) is 2.94. The van der Waals surface area contributed by atoms with E-state index in [-0.39, 0.29) is 0 Å². The van der Waals surface area contributed by atoms with E-state index in [2.05, 4.69) is 28.2 Å². The molecular formula is C13H17BrClNO. The minimum atomic E-state index is 0.349.